The second-order valence-corrected chi connectivity index (χ2v) is 5.08. The van der Waals surface area contributed by atoms with E-state index in [1.165, 1.54) is 0 Å². The lowest BCUT2D eigenvalue weighted by Gasteiger charge is -2.13. The lowest BCUT2D eigenvalue weighted by Crippen LogP contribution is -2.13. The molecule has 116 valence electrons. The minimum atomic E-state index is 0.384. The van der Waals surface area contributed by atoms with Gasteiger partial charge in [0.2, 0.25) is 0 Å². The molecule has 0 aliphatic rings. The van der Waals surface area contributed by atoms with Crippen LogP contribution in [0.15, 0.2) is 49.3 Å². The summed E-state index contributed by atoms with van der Waals surface area (Å²) in [6, 6.07) is 7.74. The van der Waals surface area contributed by atoms with Gasteiger partial charge in [-0.1, -0.05) is 30.3 Å². The predicted octanol–water partition coefficient (Wildman–Crippen LogP) is 3.60. The average Bonchev–Trinajstić information content (AvgIpc) is 2.54. The number of nitrogens with one attached hydrogen (secondary N) is 1. The first-order valence-corrected chi connectivity index (χ1v) is 7.32. The van der Waals surface area contributed by atoms with E-state index in [9.17, 15) is 0 Å². The second kappa shape index (κ2) is 8.41. The van der Waals surface area contributed by atoms with Gasteiger partial charge in [-0.3, -0.25) is 4.98 Å². The van der Waals surface area contributed by atoms with E-state index in [2.05, 4.69) is 16.9 Å². The normalized spacial score (nSPS) is 10.3. The van der Waals surface area contributed by atoms with Gasteiger partial charge in [0.1, 0.15) is 6.61 Å². The van der Waals surface area contributed by atoms with Crippen LogP contribution in [-0.2, 0) is 13.1 Å². The molecule has 1 N–H and O–H groups in total. The summed E-state index contributed by atoms with van der Waals surface area (Å²) in [7, 11) is 1.60. The van der Waals surface area contributed by atoms with Gasteiger partial charge >= 0.3 is 0 Å². The molecule has 22 heavy (non-hydrogen) atoms. The Morgan fingerprint density at radius 1 is 1.32 bits per heavy atom. The quantitative estimate of drug-likeness (QED) is 0.755. The third kappa shape index (κ3) is 4.48. The minimum absolute atomic E-state index is 0.384. The fourth-order valence-electron chi connectivity index (χ4n) is 2.01. The fraction of sp³-hybridized carbons (Fsp3) is 0.235. The molecule has 0 aliphatic heterocycles. The molecule has 0 bridgehead atoms. The highest BCUT2D eigenvalue weighted by Gasteiger charge is 2.11. The van der Waals surface area contributed by atoms with E-state index in [-0.39, 0.29) is 0 Å². The molecule has 0 saturated heterocycles. The van der Waals surface area contributed by atoms with Gasteiger partial charge < -0.3 is 14.8 Å². The summed E-state index contributed by atoms with van der Waals surface area (Å²) in [4.78, 5) is 4.09. The van der Waals surface area contributed by atoms with Gasteiger partial charge in [-0.25, -0.2) is 0 Å². The first kappa shape index (κ1) is 16.3. The number of hydrogen-bond donors (Lipinski definition) is 1. The number of hydrogen-bond acceptors (Lipinski definition) is 4. The molecule has 2 rings (SSSR count). The summed E-state index contributed by atoms with van der Waals surface area (Å²) < 4.78 is 10.9. The number of halogens is 1. The maximum atomic E-state index is 6.27. The van der Waals surface area contributed by atoms with Crippen LogP contribution in [0, 0.1) is 0 Å². The van der Waals surface area contributed by atoms with Crippen LogP contribution < -0.4 is 14.8 Å². The van der Waals surface area contributed by atoms with Crippen molar-refractivity contribution in [2.45, 2.75) is 13.1 Å². The molecule has 1 aromatic carbocycles. The zero-order chi connectivity index (χ0) is 15.8. The zero-order valence-corrected chi connectivity index (χ0v) is 13.3. The highest BCUT2D eigenvalue weighted by Crippen LogP contribution is 2.36. The Morgan fingerprint density at radius 2 is 2.14 bits per heavy atom. The molecule has 1 aromatic heterocycles. The van der Waals surface area contributed by atoms with Crippen molar-refractivity contribution in [3.8, 4) is 11.5 Å². The van der Waals surface area contributed by atoms with E-state index in [4.69, 9.17) is 21.1 Å². The number of nitrogens with zero attached hydrogens (tertiary/aromatic N) is 1. The molecule has 0 spiro atoms. The summed E-state index contributed by atoms with van der Waals surface area (Å²) in [6.45, 7) is 5.42. The average molecular weight is 319 g/mol. The smallest absolute Gasteiger partial charge is 0.180 e. The summed E-state index contributed by atoms with van der Waals surface area (Å²) in [6.07, 6.45) is 5.27. The maximum absolute atomic E-state index is 6.27. The molecule has 2 aromatic rings. The Hall–Kier alpha value is -2.04. The predicted molar refractivity (Wildman–Crippen MR) is 88.5 cm³/mol. The van der Waals surface area contributed by atoms with Crippen molar-refractivity contribution in [1.82, 2.24) is 10.3 Å². The van der Waals surface area contributed by atoms with E-state index < -0.39 is 0 Å². The Bertz CT molecular complexity index is 618. The van der Waals surface area contributed by atoms with E-state index in [0.717, 1.165) is 17.7 Å². The summed E-state index contributed by atoms with van der Waals surface area (Å²) in [5, 5.41) is 3.88. The first-order valence-electron chi connectivity index (χ1n) is 6.94. The fourth-order valence-corrected chi connectivity index (χ4v) is 2.30. The molecule has 0 fully saturated rings. The number of benzene rings is 1. The van der Waals surface area contributed by atoms with Crippen LogP contribution in [0.1, 0.15) is 11.1 Å². The van der Waals surface area contributed by atoms with Crippen LogP contribution in [-0.4, -0.2) is 18.7 Å². The van der Waals surface area contributed by atoms with Crippen molar-refractivity contribution in [3.63, 3.8) is 0 Å². The van der Waals surface area contributed by atoms with Gasteiger partial charge in [-0.2, -0.15) is 0 Å². The monoisotopic (exact) mass is 318 g/mol. The van der Waals surface area contributed by atoms with Gasteiger partial charge in [0.15, 0.2) is 11.5 Å². The first-order chi connectivity index (χ1) is 10.7. The molecule has 4 nitrogen and oxygen atoms in total. The molecule has 0 radical (unpaired) electrons. The van der Waals surface area contributed by atoms with Crippen molar-refractivity contribution >= 4 is 11.6 Å². The van der Waals surface area contributed by atoms with Crippen LogP contribution >= 0.6 is 11.6 Å². The van der Waals surface area contributed by atoms with E-state index in [1.54, 1.807) is 19.4 Å². The van der Waals surface area contributed by atoms with Crippen LogP contribution in [0.4, 0.5) is 0 Å². The summed E-state index contributed by atoms with van der Waals surface area (Å²) >= 11 is 6.27. The Labute approximate surface area is 135 Å². The van der Waals surface area contributed by atoms with Crippen molar-refractivity contribution in [3.05, 3.63) is 65.5 Å². The van der Waals surface area contributed by atoms with Crippen LogP contribution in [0.25, 0.3) is 0 Å². The maximum Gasteiger partial charge on any atom is 0.180 e. The number of ether oxygens (including phenoxy) is 2. The van der Waals surface area contributed by atoms with Gasteiger partial charge in [-0.05, 0) is 29.3 Å². The van der Waals surface area contributed by atoms with Crippen LogP contribution in [0.5, 0.6) is 11.5 Å². The van der Waals surface area contributed by atoms with E-state index in [0.29, 0.717) is 29.7 Å². The van der Waals surface area contributed by atoms with E-state index >= 15 is 0 Å². The highest BCUT2D eigenvalue weighted by molar-refractivity contribution is 6.32. The summed E-state index contributed by atoms with van der Waals surface area (Å²) in [5.41, 5.74) is 2.16. The molecule has 0 atom stereocenters. The number of pyridine rings is 1. The number of aromatic nitrogens is 1. The van der Waals surface area contributed by atoms with Crippen molar-refractivity contribution in [2.24, 2.45) is 0 Å². The molecule has 0 unspecified atom stereocenters. The minimum Gasteiger partial charge on any atom is -0.493 e. The van der Waals surface area contributed by atoms with Gasteiger partial charge in [-0.15, -0.1) is 0 Å². The molecule has 0 amide bonds. The Kier molecular flexibility index (Phi) is 6.25. The van der Waals surface area contributed by atoms with Gasteiger partial charge in [0.25, 0.3) is 0 Å². The largest absolute Gasteiger partial charge is 0.493 e. The SMILES string of the molecule is C=CCOc1c(Cl)cc(CNCc2cccnc2)cc1OC. The van der Waals surface area contributed by atoms with Crippen LogP contribution in [0.2, 0.25) is 5.02 Å². The number of rotatable bonds is 8. The van der Waals surface area contributed by atoms with E-state index in [1.807, 2.05) is 30.5 Å². The van der Waals surface area contributed by atoms with Crippen LogP contribution in [0.3, 0.4) is 0 Å². The second-order valence-electron chi connectivity index (χ2n) is 4.67. The standard InChI is InChI=1S/C17H19ClN2O2/c1-3-7-22-17-15(18)8-14(9-16(17)21-2)12-20-11-13-5-4-6-19-10-13/h3-6,8-10,20H,1,7,11-12H2,2H3. The molecule has 5 heteroatoms. The van der Waals surface area contributed by atoms with Gasteiger partial charge in [0.05, 0.1) is 12.1 Å². The highest BCUT2D eigenvalue weighted by atomic mass is 35.5. The summed E-state index contributed by atoms with van der Waals surface area (Å²) in [5.74, 6) is 1.16. The van der Waals surface area contributed by atoms with Crippen molar-refractivity contribution < 1.29 is 9.47 Å². The molecule has 0 aliphatic carbocycles. The Balaban J connectivity index is 2.02. The topological polar surface area (TPSA) is 43.4 Å². The third-order valence-electron chi connectivity index (χ3n) is 3.02. The number of methoxy groups -OCH3 is 1. The van der Waals surface area contributed by atoms with Crippen molar-refractivity contribution in [1.29, 1.82) is 0 Å². The third-order valence-corrected chi connectivity index (χ3v) is 3.30. The molecule has 0 saturated carbocycles. The Morgan fingerprint density at radius 3 is 2.82 bits per heavy atom. The van der Waals surface area contributed by atoms with Gasteiger partial charge in [0, 0.05) is 25.5 Å². The molecular weight excluding hydrogens is 300 g/mol. The van der Waals surface area contributed by atoms with Crippen molar-refractivity contribution in [2.75, 3.05) is 13.7 Å². The lowest BCUT2D eigenvalue weighted by molar-refractivity contribution is 0.326. The molecule has 1 heterocycles. The lowest BCUT2D eigenvalue weighted by atomic mass is 10.2. The zero-order valence-electron chi connectivity index (χ0n) is 12.5. The molecular formula is C17H19ClN2O2.